The Bertz CT molecular complexity index is 638. The molecule has 2 rings (SSSR count). The van der Waals surface area contributed by atoms with E-state index in [2.05, 4.69) is 15.9 Å². The molecular weight excluding hydrogens is 332 g/mol. The van der Waals surface area contributed by atoms with Crippen LogP contribution in [0.2, 0.25) is 0 Å². The van der Waals surface area contributed by atoms with Gasteiger partial charge in [0.1, 0.15) is 18.8 Å². The van der Waals surface area contributed by atoms with Crippen molar-refractivity contribution in [3.05, 3.63) is 69.7 Å². The summed E-state index contributed by atoms with van der Waals surface area (Å²) in [4.78, 5) is 23.4. The molecule has 0 amide bonds. The van der Waals surface area contributed by atoms with E-state index in [1.165, 1.54) is 0 Å². The molecule has 0 spiro atoms. The van der Waals surface area contributed by atoms with E-state index in [4.69, 9.17) is 4.74 Å². The zero-order chi connectivity index (χ0) is 15.2. The summed E-state index contributed by atoms with van der Waals surface area (Å²) in [6, 6.07) is 14.8. The molecule has 0 aliphatic carbocycles. The molecule has 1 atom stereocenters. The second kappa shape index (κ2) is 7.18. The highest BCUT2D eigenvalue weighted by atomic mass is 79.9. The van der Waals surface area contributed by atoms with E-state index in [0.29, 0.717) is 11.8 Å². The lowest BCUT2D eigenvalue weighted by molar-refractivity contribution is -0.147. The second-order valence-electron chi connectivity index (χ2n) is 4.66. The third-order valence-corrected chi connectivity index (χ3v) is 4.12. The summed E-state index contributed by atoms with van der Waals surface area (Å²) < 4.78 is 6.11. The molecule has 0 aromatic heterocycles. The van der Waals surface area contributed by atoms with Crippen LogP contribution in [0.15, 0.2) is 53.0 Å². The molecule has 0 saturated heterocycles. The van der Waals surface area contributed by atoms with Gasteiger partial charge in [0, 0.05) is 4.47 Å². The van der Waals surface area contributed by atoms with E-state index in [1.54, 1.807) is 12.1 Å². The van der Waals surface area contributed by atoms with Crippen LogP contribution >= 0.6 is 15.9 Å². The van der Waals surface area contributed by atoms with E-state index < -0.39 is 11.9 Å². The average Bonchev–Trinajstić information content (AvgIpc) is 2.51. The summed E-state index contributed by atoms with van der Waals surface area (Å²) >= 11 is 3.40. The first-order valence-electron chi connectivity index (χ1n) is 6.54. The monoisotopic (exact) mass is 346 g/mol. The largest absolute Gasteiger partial charge is 0.460 e. The molecule has 3 nitrogen and oxygen atoms in total. The van der Waals surface area contributed by atoms with E-state index in [1.807, 2.05) is 43.3 Å². The number of aldehydes is 1. The SMILES string of the molecule is Cc1c(Br)cccc1C(C=O)C(=O)OCc1ccccc1. The van der Waals surface area contributed by atoms with Gasteiger partial charge in [-0.3, -0.25) is 4.79 Å². The van der Waals surface area contributed by atoms with Crippen LogP contribution in [-0.2, 0) is 20.9 Å². The summed E-state index contributed by atoms with van der Waals surface area (Å²) in [5.74, 6) is -1.43. The number of ether oxygens (including phenoxy) is 1. The molecule has 0 fully saturated rings. The topological polar surface area (TPSA) is 43.4 Å². The van der Waals surface area contributed by atoms with E-state index in [-0.39, 0.29) is 6.61 Å². The zero-order valence-electron chi connectivity index (χ0n) is 11.6. The van der Waals surface area contributed by atoms with Crippen molar-refractivity contribution in [1.29, 1.82) is 0 Å². The lowest BCUT2D eigenvalue weighted by Gasteiger charge is -2.14. The van der Waals surface area contributed by atoms with Crippen LogP contribution in [0, 0.1) is 6.92 Å². The van der Waals surface area contributed by atoms with Crippen molar-refractivity contribution in [2.45, 2.75) is 19.4 Å². The van der Waals surface area contributed by atoms with Crippen molar-refractivity contribution >= 4 is 28.2 Å². The maximum absolute atomic E-state index is 12.1. The molecule has 2 aromatic rings. The normalized spacial score (nSPS) is 11.7. The quantitative estimate of drug-likeness (QED) is 0.470. The number of benzene rings is 2. The summed E-state index contributed by atoms with van der Waals surface area (Å²) in [7, 11) is 0. The first kappa shape index (κ1) is 15.4. The van der Waals surface area contributed by atoms with Gasteiger partial charge in [-0.2, -0.15) is 0 Å². The van der Waals surface area contributed by atoms with Crippen molar-refractivity contribution < 1.29 is 14.3 Å². The van der Waals surface area contributed by atoms with Gasteiger partial charge in [-0.15, -0.1) is 0 Å². The lowest BCUT2D eigenvalue weighted by Crippen LogP contribution is -2.18. The Morgan fingerprint density at radius 1 is 1.19 bits per heavy atom. The molecule has 0 aliphatic heterocycles. The van der Waals surface area contributed by atoms with Crippen molar-refractivity contribution in [3.63, 3.8) is 0 Å². The Morgan fingerprint density at radius 2 is 1.90 bits per heavy atom. The van der Waals surface area contributed by atoms with E-state index in [0.717, 1.165) is 15.6 Å². The van der Waals surface area contributed by atoms with Gasteiger partial charge in [-0.1, -0.05) is 58.4 Å². The molecule has 2 aromatic carbocycles. The van der Waals surface area contributed by atoms with Gasteiger partial charge in [0.05, 0.1) is 0 Å². The van der Waals surface area contributed by atoms with Gasteiger partial charge in [0.25, 0.3) is 0 Å². The predicted octanol–water partition coefficient (Wildman–Crippen LogP) is 3.78. The number of hydrogen-bond donors (Lipinski definition) is 0. The highest BCUT2D eigenvalue weighted by Crippen LogP contribution is 2.26. The minimum atomic E-state index is -0.897. The Hall–Kier alpha value is -1.94. The van der Waals surface area contributed by atoms with Gasteiger partial charge in [-0.05, 0) is 29.7 Å². The Labute approximate surface area is 132 Å². The molecule has 0 radical (unpaired) electrons. The number of esters is 1. The molecule has 108 valence electrons. The number of hydrogen-bond acceptors (Lipinski definition) is 3. The van der Waals surface area contributed by atoms with E-state index in [9.17, 15) is 9.59 Å². The van der Waals surface area contributed by atoms with Crippen LogP contribution in [-0.4, -0.2) is 12.3 Å². The molecule has 1 unspecified atom stereocenters. The summed E-state index contributed by atoms with van der Waals surface area (Å²) in [5.41, 5.74) is 2.42. The molecule has 0 heterocycles. The molecule has 0 bridgehead atoms. The van der Waals surface area contributed by atoms with Crippen molar-refractivity contribution in [1.82, 2.24) is 0 Å². The number of carbonyl (C=O) groups is 2. The number of carbonyl (C=O) groups excluding carboxylic acids is 2. The average molecular weight is 347 g/mol. The fraction of sp³-hybridized carbons (Fsp3) is 0.176. The minimum Gasteiger partial charge on any atom is -0.460 e. The fourth-order valence-corrected chi connectivity index (χ4v) is 2.42. The smallest absolute Gasteiger partial charge is 0.321 e. The highest BCUT2D eigenvalue weighted by molar-refractivity contribution is 9.10. The third-order valence-electron chi connectivity index (χ3n) is 3.26. The highest BCUT2D eigenvalue weighted by Gasteiger charge is 2.23. The molecular formula is C17H15BrO3. The first-order valence-corrected chi connectivity index (χ1v) is 7.33. The van der Waals surface area contributed by atoms with Crippen LogP contribution in [0.1, 0.15) is 22.6 Å². The molecule has 0 N–H and O–H groups in total. The zero-order valence-corrected chi connectivity index (χ0v) is 13.2. The summed E-state index contributed by atoms with van der Waals surface area (Å²) in [6.07, 6.45) is 0.627. The van der Waals surface area contributed by atoms with Gasteiger partial charge in [0.15, 0.2) is 0 Å². The number of rotatable bonds is 5. The fourth-order valence-electron chi connectivity index (χ4n) is 2.04. The third kappa shape index (κ3) is 3.79. The van der Waals surface area contributed by atoms with E-state index >= 15 is 0 Å². The van der Waals surface area contributed by atoms with Crippen LogP contribution in [0.5, 0.6) is 0 Å². The Morgan fingerprint density at radius 3 is 2.57 bits per heavy atom. The molecule has 0 saturated carbocycles. The van der Waals surface area contributed by atoms with Crippen molar-refractivity contribution in [3.8, 4) is 0 Å². The number of halogens is 1. The minimum absolute atomic E-state index is 0.164. The van der Waals surface area contributed by atoms with Crippen LogP contribution in [0.3, 0.4) is 0 Å². The lowest BCUT2D eigenvalue weighted by atomic mass is 9.96. The van der Waals surface area contributed by atoms with Crippen molar-refractivity contribution in [2.24, 2.45) is 0 Å². The van der Waals surface area contributed by atoms with Gasteiger partial charge >= 0.3 is 5.97 Å². The standard InChI is InChI=1S/C17H15BrO3/c1-12-14(8-5-9-16(12)18)15(10-19)17(20)21-11-13-6-3-2-4-7-13/h2-10,15H,11H2,1H3. The van der Waals surface area contributed by atoms with Crippen LogP contribution in [0.4, 0.5) is 0 Å². The summed E-state index contributed by atoms with van der Waals surface area (Å²) in [6.45, 7) is 2.03. The van der Waals surface area contributed by atoms with Crippen LogP contribution in [0.25, 0.3) is 0 Å². The maximum Gasteiger partial charge on any atom is 0.321 e. The Balaban J connectivity index is 2.12. The van der Waals surface area contributed by atoms with Crippen LogP contribution < -0.4 is 0 Å². The molecule has 4 heteroatoms. The van der Waals surface area contributed by atoms with Crippen molar-refractivity contribution in [2.75, 3.05) is 0 Å². The first-order chi connectivity index (χ1) is 10.1. The van der Waals surface area contributed by atoms with Gasteiger partial charge in [-0.25, -0.2) is 0 Å². The summed E-state index contributed by atoms with van der Waals surface area (Å²) in [5, 5.41) is 0. The Kier molecular flexibility index (Phi) is 5.28. The molecule has 0 aliphatic rings. The van der Waals surface area contributed by atoms with Gasteiger partial charge in [0.2, 0.25) is 0 Å². The molecule has 21 heavy (non-hydrogen) atoms. The second-order valence-corrected chi connectivity index (χ2v) is 5.52. The predicted molar refractivity (Wildman–Crippen MR) is 83.9 cm³/mol. The maximum atomic E-state index is 12.1. The van der Waals surface area contributed by atoms with Gasteiger partial charge < -0.3 is 9.53 Å².